The molecule has 12 heteroatoms. The molecule has 0 aliphatic carbocycles. The molecule has 0 amide bonds. The van der Waals surface area contributed by atoms with E-state index in [0.717, 1.165) is 25.3 Å². The van der Waals surface area contributed by atoms with Gasteiger partial charge in [-0.3, -0.25) is 13.8 Å². The first kappa shape index (κ1) is 24.9. The van der Waals surface area contributed by atoms with E-state index in [1.807, 2.05) is 26.0 Å². The molecule has 160 valence electrons. The van der Waals surface area contributed by atoms with E-state index < -0.39 is 26.5 Å². The van der Waals surface area contributed by atoms with E-state index in [9.17, 15) is 28.7 Å². The summed E-state index contributed by atoms with van der Waals surface area (Å²) in [6.07, 6.45) is 7.23. The first-order chi connectivity index (χ1) is 12.8. The van der Waals surface area contributed by atoms with Gasteiger partial charge in [0.25, 0.3) is 0 Å². The summed E-state index contributed by atoms with van der Waals surface area (Å²) in [5, 5.41) is 16.6. The maximum atomic E-state index is 11.6. The minimum Gasteiger partial charge on any atom is -0.392 e. The van der Waals surface area contributed by atoms with Crippen LogP contribution in [0.4, 0.5) is 0 Å². The summed E-state index contributed by atoms with van der Waals surface area (Å²) in [7, 11) is -10.2. The topological polar surface area (TPSA) is 166 Å². The van der Waals surface area contributed by atoms with Crippen molar-refractivity contribution in [2.45, 2.75) is 57.9 Å². The number of aryl methyl sites for hydroxylation is 1. The maximum absolute atomic E-state index is 11.6. The van der Waals surface area contributed by atoms with Crippen LogP contribution >= 0.6 is 15.2 Å². The molecule has 1 heterocycles. The summed E-state index contributed by atoms with van der Waals surface area (Å²) in [6, 6.07) is 0. The number of hydrogen-bond acceptors (Lipinski definition) is 5. The largest absolute Gasteiger partial charge is 0.392 e. The van der Waals surface area contributed by atoms with Crippen LogP contribution in [0, 0.1) is 0 Å². The summed E-state index contributed by atoms with van der Waals surface area (Å²) < 4.78 is 24.7. The molecule has 0 radical (unpaired) electrons. The Bertz CT molecular complexity index is 785. The van der Waals surface area contributed by atoms with Crippen molar-refractivity contribution in [2.75, 3.05) is 6.61 Å². The second-order valence-electron chi connectivity index (χ2n) is 7.04. The number of rotatable bonds is 11. The monoisotopic (exact) mass is 437 g/mol. The molecule has 0 fully saturated rings. The average Bonchev–Trinajstić information content (AvgIpc) is 2.99. The second kappa shape index (κ2) is 10.1. The predicted molar refractivity (Wildman–Crippen MR) is 105 cm³/mol. The number of nitrogens with zero attached hydrogens (tertiary/aromatic N) is 3. The smallest absolute Gasteiger partial charge is 0.343 e. The van der Waals surface area contributed by atoms with Crippen molar-refractivity contribution >= 4 is 15.2 Å². The highest BCUT2D eigenvalue weighted by molar-refractivity contribution is 7.72. The normalized spacial score (nSPS) is 14.6. The quantitative estimate of drug-likeness (QED) is 0.257. The van der Waals surface area contributed by atoms with Crippen molar-refractivity contribution in [3.05, 3.63) is 35.2 Å². The zero-order valence-electron chi connectivity index (χ0n) is 16.3. The van der Waals surface area contributed by atoms with E-state index >= 15 is 0 Å². The van der Waals surface area contributed by atoms with E-state index in [4.69, 9.17) is 5.11 Å². The number of aliphatic hydroxyl groups is 1. The summed E-state index contributed by atoms with van der Waals surface area (Å²) in [6.45, 7) is 5.25. The summed E-state index contributed by atoms with van der Waals surface area (Å²) in [5.41, 5.74) is 2.21. The third-order valence-electron chi connectivity index (χ3n) is 4.49. The van der Waals surface area contributed by atoms with Crippen molar-refractivity contribution in [1.29, 1.82) is 0 Å². The number of aromatic nitrogens is 3. The van der Waals surface area contributed by atoms with Gasteiger partial charge in [0.2, 0.25) is 0 Å². The average molecular weight is 437 g/mol. The van der Waals surface area contributed by atoms with Gasteiger partial charge in [0.15, 0.2) is 4.90 Å². The summed E-state index contributed by atoms with van der Waals surface area (Å²) in [5.74, 6) is 0. The summed E-state index contributed by atoms with van der Waals surface area (Å²) in [4.78, 5) is 35.1. The van der Waals surface area contributed by atoms with E-state index in [2.05, 4.69) is 10.3 Å². The Balaban J connectivity index is 2.69. The molecule has 10 nitrogen and oxygen atoms in total. The molecule has 1 rings (SSSR count). The van der Waals surface area contributed by atoms with Crippen LogP contribution in [0.3, 0.4) is 0 Å². The fourth-order valence-corrected chi connectivity index (χ4v) is 4.50. The number of allylic oxidation sites excluding steroid dienone is 3. The Morgan fingerprint density at radius 2 is 1.68 bits per heavy atom. The van der Waals surface area contributed by atoms with Crippen LogP contribution in [0.2, 0.25) is 0 Å². The Hall–Kier alpha value is -1.12. The van der Waals surface area contributed by atoms with Crippen molar-refractivity contribution < 1.29 is 33.8 Å². The zero-order chi connectivity index (χ0) is 21.6. The molecule has 1 aromatic rings. The molecule has 5 N–H and O–H groups in total. The minimum absolute atomic E-state index is 0.0560. The highest BCUT2D eigenvalue weighted by Gasteiger charge is 2.56. The first-order valence-electron chi connectivity index (χ1n) is 8.72. The van der Waals surface area contributed by atoms with E-state index in [1.165, 1.54) is 16.5 Å². The molecule has 0 bridgehead atoms. The van der Waals surface area contributed by atoms with E-state index in [1.54, 1.807) is 0 Å². The van der Waals surface area contributed by atoms with Gasteiger partial charge in [-0.2, -0.15) is 0 Å². The molecule has 28 heavy (non-hydrogen) atoms. The molecule has 0 spiro atoms. The van der Waals surface area contributed by atoms with Crippen LogP contribution in [0.5, 0.6) is 0 Å². The van der Waals surface area contributed by atoms with Gasteiger partial charge in [-0.25, -0.2) is 0 Å². The highest BCUT2D eigenvalue weighted by atomic mass is 31.2. The maximum Gasteiger partial charge on any atom is 0.343 e. The van der Waals surface area contributed by atoms with Crippen LogP contribution < -0.4 is 0 Å². The lowest BCUT2D eigenvalue weighted by atomic mass is 10.1. The number of aliphatic hydroxyl groups excluding tert-OH is 1. The minimum atomic E-state index is -5.09. The lowest BCUT2D eigenvalue weighted by Gasteiger charge is -2.29. The Morgan fingerprint density at radius 1 is 1.11 bits per heavy atom. The standard InChI is InChI=1S/C16H29N3O7P2/c1-13(6-4-7-14(2)12-20)8-5-9-19-11-15(17-18-19)10-16(3,27(21,22)23)28(24,25)26/h7-8,11,20H,4-6,9-10,12H2,1-3H3,(H2,21,22,23)(H2,24,25,26)/b13-8-,14-7+. The van der Waals surface area contributed by atoms with Gasteiger partial charge in [0, 0.05) is 19.2 Å². The van der Waals surface area contributed by atoms with Crippen molar-refractivity contribution in [2.24, 2.45) is 0 Å². The molecular weight excluding hydrogens is 408 g/mol. The lowest BCUT2D eigenvalue weighted by Crippen LogP contribution is -2.28. The molecule has 0 atom stereocenters. The summed E-state index contributed by atoms with van der Waals surface area (Å²) >= 11 is 0. The third-order valence-corrected chi connectivity index (χ3v) is 8.88. The molecule has 0 saturated heterocycles. The predicted octanol–water partition coefficient (Wildman–Crippen LogP) is 1.95. The Kier molecular flexibility index (Phi) is 8.96. The van der Waals surface area contributed by atoms with Crippen LogP contribution in [-0.4, -0.2) is 51.2 Å². The molecule has 0 aromatic carbocycles. The molecule has 0 saturated carbocycles. The molecular formula is C16H29N3O7P2. The van der Waals surface area contributed by atoms with Gasteiger partial charge in [-0.1, -0.05) is 28.5 Å². The van der Waals surface area contributed by atoms with Crippen molar-refractivity contribution in [1.82, 2.24) is 15.0 Å². The first-order valence-corrected chi connectivity index (χ1v) is 11.9. The van der Waals surface area contributed by atoms with Gasteiger partial charge >= 0.3 is 15.2 Å². The van der Waals surface area contributed by atoms with Crippen molar-refractivity contribution in [3.8, 4) is 0 Å². The van der Waals surface area contributed by atoms with Crippen LogP contribution in [0.25, 0.3) is 0 Å². The van der Waals surface area contributed by atoms with Gasteiger partial charge in [-0.15, -0.1) is 5.10 Å². The van der Waals surface area contributed by atoms with Gasteiger partial charge < -0.3 is 24.7 Å². The van der Waals surface area contributed by atoms with E-state index in [-0.39, 0.29) is 12.3 Å². The number of hydrogen-bond donors (Lipinski definition) is 5. The fourth-order valence-electron chi connectivity index (χ4n) is 2.40. The second-order valence-corrected chi connectivity index (χ2v) is 11.5. The fraction of sp³-hybridized carbons (Fsp3) is 0.625. The van der Waals surface area contributed by atoms with Gasteiger partial charge in [0.1, 0.15) is 0 Å². The SMILES string of the molecule is C/C(=C/CCn1cc(CC(C)(P(=O)(O)O)P(=O)(O)O)nn1)CC/C=C(\C)CO. The van der Waals surface area contributed by atoms with Gasteiger partial charge in [0.05, 0.1) is 12.3 Å². The van der Waals surface area contributed by atoms with Gasteiger partial charge in [-0.05, 0) is 40.0 Å². The van der Waals surface area contributed by atoms with Crippen LogP contribution in [-0.2, 0) is 22.1 Å². The Morgan fingerprint density at radius 3 is 2.21 bits per heavy atom. The van der Waals surface area contributed by atoms with Crippen molar-refractivity contribution in [3.63, 3.8) is 0 Å². The third kappa shape index (κ3) is 7.04. The molecule has 0 unspecified atom stereocenters. The zero-order valence-corrected chi connectivity index (χ0v) is 18.1. The van der Waals surface area contributed by atoms with Crippen LogP contribution in [0.15, 0.2) is 29.5 Å². The lowest BCUT2D eigenvalue weighted by molar-refractivity contribution is 0.311. The van der Waals surface area contributed by atoms with E-state index in [0.29, 0.717) is 13.0 Å². The van der Waals surface area contributed by atoms with Crippen LogP contribution in [0.1, 0.15) is 45.7 Å². The Labute approximate surface area is 164 Å². The highest BCUT2D eigenvalue weighted by Crippen LogP contribution is 2.69. The molecule has 0 aliphatic rings. The molecule has 0 aliphatic heterocycles. The molecule has 1 aromatic heterocycles.